The van der Waals surface area contributed by atoms with Crippen molar-refractivity contribution in [1.29, 1.82) is 0 Å². The van der Waals surface area contributed by atoms with Gasteiger partial charge in [0.1, 0.15) is 0 Å². The van der Waals surface area contributed by atoms with Crippen LogP contribution in [0.2, 0.25) is 0 Å². The van der Waals surface area contributed by atoms with Crippen molar-refractivity contribution in [2.75, 3.05) is 6.54 Å². The molecule has 0 aromatic heterocycles. The molecule has 0 aromatic carbocycles. The van der Waals surface area contributed by atoms with Crippen LogP contribution in [-0.4, -0.2) is 12.6 Å². The van der Waals surface area contributed by atoms with Gasteiger partial charge in [0.15, 0.2) is 0 Å². The molecule has 1 aliphatic rings. The predicted octanol–water partition coefficient (Wildman–Crippen LogP) is 4.37. The van der Waals surface area contributed by atoms with Crippen molar-refractivity contribution in [2.45, 2.75) is 78.2 Å². The molecule has 1 atom stereocenters. The van der Waals surface area contributed by atoms with Crippen LogP contribution in [0.5, 0.6) is 0 Å². The van der Waals surface area contributed by atoms with E-state index in [-0.39, 0.29) is 0 Å². The molecule has 1 heteroatoms. The Kier molecular flexibility index (Phi) is 7.11. The van der Waals surface area contributed by atoms with E-state index >= 15 is 0 Å². The summed E-state index contributed by atoms with van der Waals surface area (Å²) in [6.45, 7) is 8.09. The monoisotopic (exact) mass is 225 g/mol. The lowest BCUT2D eigenvalue weighted by Crippen LogP contribution is -2.37. The van der Waals surface area contributed by atoms with Gasteiger partial charge in [0.05, 0.1) is 0 Å². The number of hydrogen-bond donors (Lipinski definition) is 1. The summed E-state index contributed by atoms with van der Waals surface area (Å²) in [4.78, 5) is 0. The quantitative estimate of drug-likeness (QED) is 0.732. The van der Waals surface area contributed by atoms with Gasteiger partial charge in [0.2, 0.25) is 0 Å². The zero-order valence-electron chi connectivity index (χ0n) is 11.6. The van der Waals surface area contributed by atoms with E-state index in [1.807, 2.05) is 0 Å². The van der Waals surface area contributed by atoms with Crippen LogP contribution >= 0.6 is 0 Å². The Hall–Kier alpha value is -0.0400. The number of hydrogen-bond acceptors (Lipinski definition) is 1. The van der Waals surface area contributed by atoms with Crippen LogP contribution in [0.3, 0.4) is 0 Å². The van der Waals surface area contributed by atoms with Gasteiger partial charge in [-0.25, -0.2) is 0 Å². The van der Waals surface area contributed by atoms with Crippen molar-refractivity contribution in [3.8, 4) is 0 Å². The highest BCUT2D eigenvalue weighted by Crippen LogP contribution is 2.27. The van der Waals surface area contributed by atoms with Crippen LogP contribution in [0.4, 0.5) is 0 Å². The van der Waals surface area contributed by atoms with Gasteiger partial charge in [-0.2, -0.15) is 0 Å². The van der Waals surface area contributed by atoms with Gasteiger partial charge >= 0.3 is 0 Å². The molecule has 1 N–H and O–H groups in total. The van der Waals surface area contributed by atoms with E-state index in [2.05, 4.69) is 26.1 Å². The van der Waals surface area contributed by atoms with E-state index in [1.54, 1.807) is 0 Å². The molecule has 0 saturated heterocycles. The lowest BCUT2D eigenvalue weighted by atomic mass is 9.82. The molecule has 0 aromatic rings. The molecule has 1 fully saturated rings. The second-order valence-electron chi connectivity index (χ2n) is 5.90. The first-order chi connectivity index (χ1) is 7.74. The summed E-state index contributed by atoms with van der Waals surface area (Å²) in [5, 5.41) is 3.73. The Morgan fingerprint density at radius 1 is 1.00 bits per heavy atom. The van der Waals surface area contributed by atoms with Crippen LogP contribution < -0.4 is 5.32 Å². The molecule has 0 spiro atoms. The summed E-state index contributed by atoms with van der Waals surface area (Å²) in [5.41, 5.74) is 0. The summed E-state index contributed by atoms with van der Waals surface area (Å²) in [5.74, 6) is 1.78. The van der Waals surface area contributed by atoms with Crippen molar-refractivity contribution in [2.24, 2.45) is 11.8 Å². The fourth-order valence-electron chi connectivity index (χ4n) is 3.10. The van der Waals surface area contributed by atoms with Gasteiger partial charge in [-0.05, 0) is 37.6 Å². The summed E-state index contributed by atoms with van der Waals surface area (Å²) in [6.07, 6.45) is 11.6. The number of nitrogens with one attached hydrogen (secondary N) is 1. The molecule has 1 saturated carbocycles. The maximum absolute atomic E-state index is 3.73. The van der Waals surface area contributed by atoms with Gasteiger partial charge < -0.3 is 5.32 Å². The van der Waals surface area contributed by atoms with Crippen LogP contribution in [0, 0.1) is 11.8 Å². The van der Waals surface area contributed by atoms with Gasteiger partial charge in [0, 0.05) is 6.04 Å². The Morgan fingerprint density at radius 2 is 1.56 bits per heavy atom. The molecule has 0 amide bonds. The van der Waals surface area contributed by atoms with E-state index < -0.39 is 0 Å². The highest BCUT2D eigenvalue weighted by Gasteiger charge is 2.21. The Labute approximate surface area is 102 Å². The highest BCUT2D eigenvalue weighted by molar-refractivity contribution is 4.78. The molecule has 1 nitrogen and oxygen atoms in total. The molecule has 1 aliphatic carbocycles. The molecule has 1 unspecified atom stereocenters. The normalized spacial score (nSPS) is 21.8. The minimum absolute atomic E-state index is 0.781. The first-order valence-corrected chi connectivity index (χ1v) is 7.47. The van der Waals surface area contributed by atoms with Gasteiger partial charge in [-0.3, -0.25) is 0 Å². The second kappa shape index (κ2) is 8.11. The zero-order chi connectivity index (χ0) is 11.8. The minimum atomic E-state index is 0.781. The maximum Gasteiger partial charge on any atom is 0.00976 e. The van der Waals surface area contributed by atoms with Gasteiger partial charge in [-0.1, -0.05) is 52.9 Å². The molecule has 1 rings (SSSR count). The van der Waals surface area contributed by atoms with Gasteiger partial charge in [0.25, 0.3) is 0 Å². The standard InChI is InChI=1S/C15H31N/c1-4-16-15(12-13(2)3)14-10-8-6-5-7-9-11-14/h13-16H,4-12H2,1-3H3. The molecule has 0 heterocycles. The fraction of sp³-hybridized carbons (Fsp3) is 1.00. The van der Waals surface area contributed by atoms with E-state index in [1.165, 1.54) is 51.4 Å². The largest absolute Gasteiger partial charge is 0.314 e. The predicted molar refractivity (Wildman–Crippen MR) is 72.7 cm³/mol. The average molecular weight is 225 g/mol. The maximum atomic E-state index is 3.73. The van der Waals surface area contributed by atoms with E-state index in [0.29, 0.717) is 0 Å². The average Bonchev–Trinajstić information content (AvgIpc) is 2.15. The lowest BCUT2D eigenvalue weighted by molar-refractivity contribution is 0.258. The smallest absolute Gasteiger partial charge is 0.00976 e. The third-order valence-corrected chi connectivity index (χ3v) is 3.91. The van der Waals surface area contributed by atoms with Crippen molar-refractivity contribution in [1.82, 2.24) is 5.32 Å². The first-order valence-electron chi connectivity index (χ1n) is 7.47. The van der Waals surface area contributed by atoms with Crippen LogP contribution in [0.25, 0.3) is 0 Å². The molecular formula is C15H31N. The third-order valence-electron chi connectivity index (χ3n) is 3.91. The lowest BCUT2D eigenvalue weighted by Gasteiger charge is -2.30. The van der Waals surface area contributed by atoms with Crippen LogP contribution in [-0.2, 0) is 0 Å². The van der Waals surface area contributed by atoms with Crippen LogP contribution in [0.15, 0.2) is 0 Å². The zero-order valence-corrected chi connectivity index (χ0v) is 11.6. The van der Waals surface area contributed by atoms with E-state index in [4.69, 9.17) is 0 Å². The topological polar surface area (TPSA) is 12.0 Å². The minimum Gasteiger partial charge on any atom is -0.314 e. The van der Waals surface area contributed by atoms with E-state index in [9.17, 15) is 0 Å². The third kappa shape index (κ3) is 5.34. The number of rotatable bonds is 5. The second-order valence-corrected chi connectivity index (χ2v) is 5.90. The van der Waals surface area contributed by atoms with Crippen LogP contribution in [0.1, 0.15) is 72.1 Å². The molecular weight excluding hydrogens is 194 g/mol. The molecule has 96 valence electrons. The van der Waals surface area contributed by atoms with Crippen molar-refractivity contribution in [3.63, 3.8) is 0 Å². The Morgan fingerprint density at radius 3 is 2.06 bits per heavy atom. The first kappa shape index (κ1) is 14.0. The molecule has 0 radical (unpaired) electrons. The SMILES string of the molecule is CCNC(CC(C)C)C1CCCCCCC1. The van der Waals surface area contributed by atoms with Crippen molar-refractivity contribution < 1.29 is 0 Å². The molecule has 0 bridgehead atoms. The highest BCUT2D eigenvalue weighted by atomic mass is 14.9. The van der Waals surface area contributed by atoms with Gasteiger partial charge in [-0.15, -0.1) is 0 Å². The fourth-order valence-corrected chi connectivity index (χ4v) is 3.10. The Bertz CT molecular complexity index is 157. The Balaban J connectivity index is 2.45. The summed E-state index contributed by atoms with van der Waals surface area (Å²) in [6, 6.07) is 0.781. The molecule has 0 aliphatic heterocycles. The van der Waals surface area contributed by atoms with E-state index in [0.717, 1.165) is 24.4 Å². The van der Waals surface area contributed by atoms with Crippen molar-refractivity contribution >= 4 is 0 Å². The summed E-state index contributed by atoms with van der Waals surface area (Å²) in [7, 11) is 0. The summed E-state index contributed by atoms with van der Waals surface area (Å²) < 4.78 is 0. The van der Waals surface area contributed by atoms with Crippen molar-refractivity contribution in [3.05, 3.63) is 0 Å². The summed E-state index contributed by atoms with van der Waals surface area (Å²) >= 11 is 0. The molecule has 16 heavy (non-hydrogen) atoms.